The maximum absolute atomic E-state index is 13.1. The molecule has 0 bridgehead atoms. The monoisotopic (exact) mass is 323 g/mol. The van der Waals surface area contributed by atoms with Gasteiger partial charge in [-0.05, 0) is 38.5 Å². The second-order valence-corrected chi connectivity index (χ2v) is 6.56. The van der Waals surface area contributed by atoms with E-state index < -0.39 is 0 Å². The van der Waals surface area contributed by atoms with Crippen LogP contribution in [0.3, 0.4) is 0 Å². The first-order valence-electron chi connectivity index (χ1n) is 7.74. The molecule has 2 aromatic rings. The van der Waals surface area contributed by atoms with Crippen LogP contribution in [0.5, 0.6) is 0 Å². The Balaban J connectivity index is 1.79. The number of likely N-dealkylation sites (N-methyl/N-ethyl adjacent to an activating group) is 1. The van der Waals surface area contributed by atoms with E-state index in [0.29, 0.717) is 23.4 Å². The van der Waals surface area contributed by atoms with Gasteiger partial charge in [-0.15, -0.1) is 0 Å². The van der Waals surface area contributed by atoms with Crippen LogP contribution in [0.4, 0.5) is 4.39 Å². The summed E-state index contributed by atoms with van der Waals surface area (Å²) in [7, 11) is 1.81. The number of nitrogens with zero attached hydrogens (tertiary/aromatic N) is 3. The fraction of sp³-hybridized carbons (Fsp3) is 0.316. The van der Waals surface area contributed by atoms with Gasteiger partial charge in [0, 0.05) is 30.5 Å². The van der Waals surface area contributed by atoms with Crippen LogP contribution in [0.1, 0.15) is 43.1 Å². The predicted octanol–water partition coefficient (Wildman–Crippen LogP) is 2.74. The molecule has 1 atom stereocenters. The number of carbonyl (C=O) groups excluding carboxylic acids is 1. The Labute approximate surface area is 140 Å². The molecule has 24 heavy (non-hydrogen) atoms. The quantitative estimate of drug-likeness (QED) is 0.758. The maximum Gasteiger partial charge on any atom is 0.233 e. The zero-order valence-electron chi connectivity index (χ0n) is 13.9. The average molecular weight is 323 g/mol. The summed E-state index contributed by atoms with van der Waals surface area (Å²) in [5.41, 5.74) is 1.02. The van der Waals surface area contributed by atoms with Crippen molar-refractivity contribution in [1.29, 1.82) is 0 Å². The van der Waals surface area contributed by atoms with Gasteiger partial charge in [-0.1, -0.05) is 17.9 Å². The third-order valence-electron chi connectivity index (χ3n) is 4.40. The number of hydrogen-bond donors (Lipinski definition) is 0. The van der Waals surface area contributed by atoms with E-state index in [4.69, 9.17) is 0 Å². The lowest BCUT2D eigenvalue weighted by Gasteiger charge is -2.26. The van der Waals surface area contributed by atoms with Crippen molar-refractivity contribution >= 4 is 5.91 Å². The largest absolute Gasteiger partial charge is 0.340 e. The molecule has 0 saturated carbocycles. The lowest BCUT2D eigenvalue weighted by Crippen LogP contribution is -2.37. The minimum absolute atomic E-state index is 0.0404. The van der Waals surface area contributed by atoms with Crippen LogP contribution in [-0.2, 0) is 4.79 Å². The molecular formula is C19H18FN3O. The topological polar surface area (TPSA) is 46.1 Å². The lowest BCUT2D eigenvalue weighted by atomic mass is 9.96. The smallest absolute Gasteiger partial charge is 0.233 e. The van der Waals surface area contributed by atoms with Gasteiger partial charge in [-0.2, -0.15) is 0 Å². The predicted molar refractivity (Wildman–Crippen MR) is 88.6 cm³/mol. The van der Waals surface area contributed by atoms with Gasteiger partial charge >= 0.3 is 0 Å². The molecule has 1 aromatic carbocycles. The van der Waals surface area contributed by atoms with Crippen LogP contribution in [0, 0.1) is 17.7 Å². The van der Waals surface area contributed by atoms with Crippen molar-refractivity contribution in [2.45, 2.75) is 31.7 Å². The minimum Gasteiger partial charge on any atom is -0.340 e. The first-order chi connectivity index (χ1) is 11.4. The molecule has 1 fully saturated rings. The highest BCUT2D eigenvalue weighted by molar-refractivity contribution is 5.85. The molecule has 0 aliphatic carbocycles. The van der Waals surface area contributed by atoms with Crippen LogP contribution < -0.4 is 0 Å². The molecule has 1 aromatic heterocycles. The van der Waals surface area contributed by atoms with Gasteiger partial charge in [-0.25, -0.2) is 14.4 Å². The van der Waals surface area contributed by atoms with E-state index >= 15 is 0 Å². The number of rotatable bonds is 1. The Kier molecular flexibility index (Phi) is 4.06. The molecule has 0 radical (unpaired) electrons. The van der Waals surface area contributed by atoms with Gasteiger partial charge in [0.05, 0.1) is 5.56 Å². The summed E-state index contributed by atoms with van der Waals surface area (Å²) in [5.74, 6) is 5.71. The normalized spacial score (nSPS) is 19.1. The van der Waals surface area contributed by atoms with Crippen molar-refractivity contribution < 1.29 is 9.18 Å². The van der Waals surface area contributed by atoms with Crippen molar-refractivity contribution in [2.24, 2.45) is 0 Å². The van der Waals surface area contributed by atoms with Gasteiger partial charge < -0.3 is 4.90 Å². The number of amides is 1. The van der Waals surface area contributed by atoms with Crippen molar-refractivity contribution in [3.63, 3.8) is 0 Å². The zero-order chi connectivity index (χ0) is 17.3. The Morgan fingerprint density at radius 1 is 1.21 bits per heavy atom. The van der Waals surface area contributed by atoms with Crippen molar-refractivity contribution in [1.82, 2.24) is 14.9 Å². The molecule has 3 rings (SSSR count). The molecule has 1 saturated heterocycles. The minimum atomic E-state index is -0.320. The molecule has 1 aliphatic rings. The fourth-order valence-electron chi connectivity index (χ4n) is 2.75. The first kappa shape index (κ1) is 16.1. The van der Waals surface area contributed by atoms with Crippen molar-refractivity contribution in [3.05, 3.63) is 59.4 Å². The highest BCUT2D eigenvalue weighted by Crippen LogP contribution is 2.36. The third kappa shape index (κ3) is 3.13. The SMILES string of the molecule is CN1C(=O)[C@H](c2ncc(C#Cc3cccc(F)c3)cn2)CC1(C)C. The van der Waals surface area contributed by atoms with E-state index in [1.54, 1.807) is 36.5 Å². The maximum atomic E-state index is 13.1. The van der Waals surface area contributed by atoms with Gasteiger partial charge in [0.1, 0.15) is 17.6 Å². The summed E-state index contributed by atoms with van der Waals surface area (Å²) >= 11 is 0. The summed E-state index contributed by atoms with van der Waals surface area (Å²) in [6, 6.07) is 6.10. The van der Waals surface area contributed by atoms with Crippen LogP contribution in [-0.4, -0.2) is 33.4 Å². The van der Waals surface area contributed by atoms with Crippen LogP contribution in [0.25, 0.3) is 0 Å². The van der Waals surface area contributed by atoms with E-state index in [9.17, 15) is 9.18 Å². The van der Waals surface area contributed by atoms with Crippen LogP contribution >= 0.6 is 0 Å². The molecule has 0 spiro atoms. The number of likely N-dealkylation sites (tertiary alicyclic amines) is 1. The highest BCUT2D eigenvalue weighted by Gasteiger charge is 2.44. The summed E-state index contributed by atoms with van der Waals surface area (Å²) in [6.45, 7) is 4.06. The first-order valence-corrected chi connectivity index (χ1v) is 7.74. The Morgan fingerprint density at radius 2 is 1.88 bits per heavy atom. The highest BCUT2D eigenvalue weighted by atomic mass is 19.1. The summed E-state index contributed by atoms with van der Waals surface area (Å²) in [4.78, 5) is 22.7. The summed E-state index contributed by atoms with van der Waals surface area (Å²) < 4.78 is 13.1. The number of aromatic nitrogens is 2. The molecule has 0 unspecified atom stereocenters. The van der Waals surface area contributed by atoms with E-state index in [2.05, 4.69) is 21.8 Å². The summed E-state index contributed by atoms with van der Waals surface area (Å²) in [5, 5.41) is 0. The van der Waals surface area contributed by atoms with Crippen LogP contribution in [0.2, 0.25) is 0 Å². The number of halogens is 1. The van der Waals surface area contributed by atoms with Gasteiger partial charge in [0.25, 0.3) is 0 Å². The third-order valence-corrected chi connectivity index (χ3v) is 4.40. The molecule has 5 heteroatoms. The van der Waals surface area contributed by atoms with E-state index in [1.165, 1.54) is 12.1 Å². The lowest BCUT2D eigenvalue weighted by molar-refractivity contribution is -0.130. The van der Waals surface area contributed by atoms with Crippen LogP contribution in [0.15, 0.2) is 36.7 Å². The Hall–Kier alpha value is -2.74. The van der Waals surface area contributed by atoms with E-state index in [1.807, 2.05) is 13.8 Å². The van der Waals surface area contributed by atoms with Gasteiger partial charge in [0.2, 0.25) is 5.91 Å². The number of carbonyl (C=O) groups is 1. The Morgan fingerprint density at radius 3 is 2.46 bits per heavy atom. The second kappa shape index (κ2) is 6.04. The fourth-order valence-corrected chi connectivity index (χ4v) is 2.75. The van der Waals surface area contributed by atoms with Gasteiger partial charge in [0.15, 0.2) is 0 Å². The van der Waals surface area contributed by atoms with Crippen molar-refractivity contribution in [2.75, 3.05) is 7.05 Å². The number of benzene rings is 1. The molecular weight excluding hydrogens is 305 g/mol. The Bertz CT molecular complexity index is 834. The molecule has 0 N–H and O–H groups in total. The van der Waals surface area contributed by atoms with Crippen molar-refractivity contribution in [3.8, 4) is 11.8 Å². The molecule has 4 nitrogen and oxygen atoms in total. The van der Waals surface area contributed by atoms with E-state index in [0.717, 1.165) is 0 Å². The zero-order valence-corrected chi connectivity index (χ0v) is 13.9. The van der Waals surface area contributed by atoms with Gasteiger partial charge in [-0.3, -0.25) is 4.79 Å². The van der Waals surface area contributed by atoms with E-state index in [-0.39, 0.29) is 23.2 Å². The molecule has 1 amide bonds. The summed E-state index contributed by atoms with van der Waals surface area (Å²) in [6.07, 6.45) is 3.90. The second-order valence-electron chi connectivity index (χ2n) is 6.56. The average Bonchev–Trinajstić information content (AvgIpc) is 2.77. The molecule has 1 aliphatic heterocycles. The standard InChI is InChI=1S/C19H18FN3O/c1-19(2)10-16(18(24)23(19)3)17-21-11-14(12-22-17)8-7-13-5-4-6-15(20)9-13/h4-6,9,11-12,16H,10H2,1-3H3/t16-/m0/s1. The molecule has 2 heterocycles. The number of hydrogen-bond acceptors (Lipinski definition) is 3. The molecule has 122 valence electrons.